The van der Waals surface area contributed by atoms with E-state index in [1.165, 1.54) is 0 Å². The van der Waals surface area contributed by atoms with Gasteiger partial charge in [-0.1, -0.05) is 0 Å². The molecule has 4 aromatic heterocycles. The van der Waals surface area contributed by atoms with Crippen molar-refractivity contribution < 1.29 is 4.79 Å². The monoisotopic (exact) mass is 387 g/mol. The number of hydrogen-bond donors (Lipinski definition) is 1. The second-order valence-electron chi connectivity index (χ2n) is 7.00. The first-order chi connectivity index (χ1) is 13.9. The third-order valence-corrected chi connectivity index (χ3v) is 4.74. The molecule has 1 amide bonds. The van der Waals surface area contributed by atoms with E-state index in [9.17, 15) is 4.79 Å². The standard InChI is InChI=1S/C21H21N7O/c1-12-9-13(2)28-19(24-12)10-18(27-28)21(29)26-15(4)17-11-23-20(25-14(17)3)16-5-7-22-8-6-16/h5-11,15H,1-4H3,(H,26,29)/t15-/m1/s1. The van der Waals surface area contributed by atoms with Crippen molar-refractivity contribution >= 4 is 11.6 Å². The average molecular weight is 387 g/mol. The Kier molecular flexibility index (Phi) is 4.75. The molecule has 4 aromatic rings. The third-order valence-electron chi connectivity index (χ3n) is 4.74. The van der Waals surface area contributed by atoms with Gasteiger partial charge >= 0.3 is 0 Å². The van der Waals surface area contributed by atoms with Crippen molar-refractivity contribution in [2.45, 2.75) is 33.7 Å². The minimum absolute atomic E-state index is 0.266. The van der Waals surface area contributed by atoms with Crippen molar-refractivity contribution in [2.75, 3.05) is 0 Å². The zero-order valence-electron chi connectivity index (χ0n) is 16.7. The number of aromatic nitrogens is 6. The van der Waals surface area contributed by atoms with Crippen LogP contribution in [0, 0.1) is 20.8 Å². The first-order valence-electron chi connectivity index (χ1n) is 9.31. The molecule has 0 aliphatic rings. The second kappa shape index (κ2) is 7.38. The van der Waals surface area contributed by atoms with Crippen molar-refractivity contribution in [3.8, 4) is 11.4 Å². The molecule has 8 nitrogen and oxygen atoms in total. The molecule has 0 fully saturated rings. The van der Waals surface area contributed by atoms with Gasteiger partial charge in [0, 0.05) is 52.9 Å². The molecule has 0 aliphatic heterocycles. The lowest BCUT2D eigenvalue weighted by atomic mass is 10.1. The fourth-order valence-electron chi connectivity index (χ4n) is 3.29. The maximum atomic E-state index is 12.7. The highest BCUT2D eigenvalue weighted by molar-refractivity contribution is 5.93. The molecule has 0 unspecified atom stereocenters. The summed E-state index contributed by atoms with van der Waals surface area (Å²) in [6.07, 6.45) is 5.16. The Balaban J connectivity index is 1.55. The van der Waals surface area contributed by atoms with E-state index in [-0.39, 0.29) is 11.9 Å². The Morgan fingerprint density at radius 1 is 1.10 bits per heavy atom. The molecule has 4 heterocycles. The van der Waals surface area contributed by atoms with Crippen LogP contribution in [0.5, 0.6) is 0 Å². The molecule has 1 N–H and O–H groups in total. The Bertz CT molecular complexity index is 1200. The van der Waals surface area contributed by atoms with Crippen molar-refractivity contribution in [1.82, 2.24) is 34.9 Å². The molecule has 0 bridgehead atoms. The summed E-state index contributed by atoms with van der Waals surface area (Å²) in [5.74, 6) is 0.363. The Morgan fingerprint density at radius 2 is 1.86 bits per heavy atom. The number of pyridine rings is 1. The summed E-state index contributed by atoms with van der Waals surface area (Å²) in [5.41, 5.74) is 5.35. The minimum Gasteiger partial charge on any atom is -0.344 e. The number of carbonyl (C=O) groups excluding carboxylic acids is 1. The van der Waals surface area contributed by atoms with E-state index in [1.807, 2.05) is 45.9 Å². The summed E-state index contributed by atoms with van der Waals surface area (Å²) in [6.45, 7) is 7.66. The molecular weight excluding hydrogens is 366 g/mol. The zero-order valence-corrected chi connectivity index (χ0v) is 16.7. The van der Waals surface area contributed by atoms with Crippen molar-refractivity contribution in [3.05, 3.63) is 71.2 Å². The number of nitrogens with zero attached hydrogens (tertiary/aromatic N) is 6. The first-order valence-corrected chi connectivity index (χ1v) is 9.31. The molecule has 1 atom stereocenters. The van der Waals surface area contributed by atoms with Gasteiger partial charge in [-0.05, 0) is 45.9 Å². The van der Waals surface area contributed by atoms with Crippen LogP contribution in [-0.4, -0.2) is 35.5 Å². The third kappa shape index (κ3) is 3.69. The zero-order chi connectivity index (χ0) is 20.5. The molecule has 0 radical (unpaired) electrons. The van der Waals surface area contributed by atoms with Gasteiger partial charge in [0.2, 0.25) is 0 Å². The molecule has 0 spiro atoms. The van der Waals surface area contributed by atoms with Crippen LogP contribution in [0.15, 0.2) is 42.9 Å². The fraction of sp³-hybridized carbons (Fsp3) is 0.238. The molecule has 146 valence electrons. The maximum Gasteiger partial charge on any atom is 0.272 e. The van der Waals surface area contributed by atoms with Gasteiger partial charge in [0.15, 0.2) is 17.2 Å². The van der Waals surface area contributed by atoms with Gasteiger partial charge < -0.3 is 5.32 Å². The summed E-state index contributed by atoms with van der Waals surface area (Å²) in [6, 6.07) is 7.07. The van der Waals surface area contributed by atoms with Crippen LogP contribution in [0.1, 0.15) is 46.1 Å². The van der Waals surface area contributed by atoms with Gasteiger partial charge in [0.05, 0.1) is 6.04 Å². The predicted molar refractivity (Wildman–Crippen MR) is 108 cm³/mol. The van der Waals surface area contributed by atoms with E-state index < -0.39 is 0 Å². The van der Waals surface area contributed by atoms with Gasteiger partial charge in [0.25, 0.3) is 5.91 Å². The lowest BCUT2D eigenvalue weighted by molar-refractivity contribution is 0.0934. The van der Waals surface area contributed by atoms with Gasteiger partial charge in [-0.25, -0.2) is 19.5 Å². The Labute approximate surface area is 168 Å². The highest BCUT2D eigenvalue weighted by Crippen LogP contribution is 2.20. The molecule has 0 saturated carbocycles. The van der Waals surface area contributed by atoms with Crippen LogP contribution in [0.3, 0.4) is 0 Å². The molecule has 8 heteroatoms. The molecular formula is C21H21N7O. The van der Waals surface area contributed by atoms with Crippen molar-refractivity contribution in [3.63, 3.8) is 0 Å². The van der Waals surface area contributed by atoms with Gasteiger partial charge in [-0.15, -0.1) is 0 Å². The molecule has 0 aromatic carbocycles. The summed E-state index contributed by atoms with van der Waals surface area (Å²) < 4.78 is 1.67. The summed E-state index contributed by atoms with van der Waals surface area (Å²) >= 11 is 0. The van der Waals surface area contributed by atoms with Crippen LogP contribution in [0.2, 0.25) is 0 Å². The summed E-state index contributed by atoms with van der Waals surface area (Å²) in [5, 5.41) is 7.36. The largest absolute Gasteiger partial charge is 0.344 e. The molecule has 0 saturated heterocycles. The minimum atomic E-state index is -0.269. The number of aryl methyl sites for hydroxylation is 3. The number of carbonyl (C=O) groups is 1. The van der Waals surface area contributed by atoms with E-state index in [2.05, 4.69) is 30.4 Å². The normalized spacial score (nSPS) is 12.1. The number of amides is 1. The van der Waals surface area contributed by atoms with Gasteiger partial charge in [-0.2, -0.15) is 5.10 Å². The maximum absolute atomic E-state index is 12.7. The highest BCUT2D eigenvalue weighted by atomic mass is 16.2. The number of hydrogen-bond acceptors (Lipinski definition) is 6. The van der Waals surface area contributed by atoms with E-state index in [1.54, 1.807) is 29.2 Å². The predicted octanol–water partition coefficient (Wildman–Crippen LogP) is 3.00. The first kappa shape index (κ1) is 18.7. The molecule has 0 aliphatic carbocycles. The van der Waals surface area contributed by atoms with E-state index >= 15 is 0 Å². The quantitative estimate of drug-likeness (QED) is 0.578. The van der Waals surface area contributed by atoms with Crippen LogP contribution in [0.4, 0.5) is 0 Å². The molecule has 29 heavy (non-hydrogen) atoms. The summed E-state index contributed by atoms with van der Waals surface area (Å²) in [4.78, 5) is 30.2. The lowest BCUT2D eigenvalue weighted by Gasteiger charge is -2.15. The van der Waals surface area contributed by atoms with E-state index in [0.29, 0.717) is 17.2 Å². The fourth-order valence-corrected chi connectivity index (χ4v) is 3.29. The second-order valence-corrected chi connectivity index (χ2v) is 7.00. The number of nitrogens with one attached hydrogen (secondary N) is 1. The highest BCUT2D eigenvalue weighted by Gasteiger charge is 2.18. The summed E-state index contributed by atoms with van der Waals surface area (Å²) in [7, 11) is 0. The average Bonchev–Trinajstić information content (AvgIpc) is 3.13. The smallest absolute Gasteiger partial charge is 0.272 e. The number of fused-ring (bicyclic) bond motifs is 1. The van der Waals surface area contributed by atoms with Crippen LogP contribution >= 0.6 is 0 Å². The van der Waals surface area contributed by atoms with Crippen LogP contribution in [0.25, 0.3) is 17.0 Å². The van der Waals surface area contributed by atoms with E-state index in [4.69, 9.17) is 0 Å². The SMILES string of the molecule is Cc1cc(C)n2nc(C(=O)N[C@H](C)c3cnc(-c4ccncc4)nc3C)cc2n1. The van der Waals surface area contributed by atoms with E-state index in [0.717, 1.165) is 28.2 Å². The van der Waals surface area contributed by atoms with Crippen molar-refractivity contribution in [1.29, 1.82) is 0 Å². The van der Waals surface area contributed by atoms with Crippen molar-refractivity contribution in [2.24, 2.45) is 0 Å². The van der Waals surface area contributed by atoms with Gasteiger partial charge in [-0.3, -0.25) is 9.78 Å². The topological polar surface area (TPSA) is 98.0 Å². The number of rotatable bonds is 4. The van der Waals surface area contributed by atoms with Crippen LogP contribution in [-0.2, 0) is 0 Å². The Hall–Kier alpha value is -3.68. The molecule has 4 rings (SSSR count). The lowest BCUT2D eigenvalue weighted by Crippen LogP contribution is -2.28. The van der Waals surface area contributed by atoms with Gasteiger partial charge in [0.1, 0.15) is 0 Å². The Morgan fingerprint density at radius 3 is 2.59 bits per heavy atom. The van der Waals surface area contributed by atoms with Crippen LogP contribution < -0.4 is 5.32 Å².